The smallest absolute Gasteiger partial charge is 0.250 e. The maximum atomic E-state index is 11.9. The molecular formula is C22H29NO5. The van der Waals surface area contributed by atoms with Gasteiger partial charge in [0, 0.05) is 29.9 Å². The lowest BCUT2D eigenvalue weighted by atomic mass is 9.96. The van der Waals surface area contributed by atoms with E-state index in [-0.39, 0.29) is 5.56 Å². The summed E-state index contributed by atoms with van der Waals surface area (Å²) < 4.78 is 24.4. The summed E-state index contributed by atoms with van der Waals surface area (Å²) in [5.74, 6) is 3.14. The highest BCUT2D eigenvalue weighted by Crippen LogP contribution is 2.51. The number of methoxy groups -OCH3 is 4. The molecule has 0 unspecified atom stereocenters. The van der Waals surface area contributed by atoms with E-state index in [1.165, 1.54) is 0 Å². The largest absolute Gasteiger partial charge is 0.492 e. The van der Waals surface area contributed by atoms with Crippen molar-refractivity contribution >= 4 is 0 Å². The van der Waals surface area contributed by atoms with Crippen molar-refractivity contribution in [1.29, 1.82) is 0 Å². The number of pyridine rings is 1. The Labute approximate surface area is 166 Å². The molecule has 6 nitrogen and oxygen atoms in total. The highest BCUT2D eigenvalue weighted by Gasteiger charge is 2.29. The van der Waals surface area contributed by atoms with Crippen molar-refractivity contribution < 1.29 is 18.9 Å². The summed E-state index contributed by atoms with van der Waals surface area (Å²) in [5, 5.41) is 0. The van der Waals surface area contributed by atoms with Crippen LogP contribution in [0.4, 0.5) is 0 Å². The molecule has 3 rings (SSSR count). The predicted octanol–water partition coefficient (Wildman–Crippen LogP) is 3.47. The van der Waals surface area contributed by atoms with Gasteiger partial charge in [-0.2, -0.15) is 0 Å². The van der Waals surface area contributed by atoms with Gasteiger partial charge in [-0.1, -0.05) is 6.07 Å². The zero-order chi connectivity index (χ0) is 20.1. The van der Waals surface area contributed by atoms with Gasteiger partial charge in [0.25, 0.3) is 0 Å². The molecule has 1 aliphatic rings. The van der Waals surface area contributed by atoms with Crippen LogP contribution in [0.1, 0.15) is 30.4 Å². The minimum atomic E-state index is 0.0530. The summed E-state index contributed by atoms with van der Waals surface area (Å²) in [6.07, 6.45) is 6.65. The van der Waals surface area contributed by atoms with Gasteiger partial charge >= 0.3 is 0 Å². The van der Waals surface area contributed by atoms with E-state index in [2.05, 4.69) is 0 Å². The van der Waals surface area contributed by atoms with E-state index in [1.54, 1.807) is 45.1 Å². The van der Waals surface area contributed by atoms with Crippen LogP contribution in [0.15, 0.2) is 29.2 Å². The molecule has 0 atom stereocenters. The lowest BCUT2D eigenvalue weighted by molar-refractivity contribution is 0.302. The summed E-state index contributed by atoms with van der Waals surface area (Å²) in [6, 6.07) is 5.29. The van der Waals surface area contributed by atoms with Gasteiger partial charge in [-0.05, 0) is 44.1 Å². The van der Waals surface area contributed by atoms with Crippen molar-refractivity contribution in [3.63, 3.8) is 0 Å². The molecule has 0 aliphatic heterocycles. The first-order valence-electron chi connectivity index (χ1n) is 9.67. The van der Waals surface area contributed by atoms with E-state index in [0.29, 0.717) is 17.4 Å². The third-order valence-corrected chi connectivity index (χ3v) is 5.63. The molecule has 0 saturated carbocycles. The van der Waals surface area contributed by atoms with Gasteiger partial charge in [-0.15, -0.1) is 0 Å². The topological polar surface area (TPSA) is 58.9 Å². The van der Waals surface area contributed by atoms with Gasteiger partial charge < -0.3 is 23.5 Å². The van der Waals surface area contributed by atoms with Crippen LogP contribution in [-0.4, -0.2) is 33.0 Å². The zero-order valence-corrected chi connectivity index (χ0v) is 17.1. The van der Waals surface area contributed by atoms with Crippen molar-refractivity contribution in [2.75, 3.05) is 28.4 Å². The summed E-state index contributed by atoms with van der Waals surface area (Å²) in [6.45, 7) is 0.738. The predicted molar refractivity (Wildman–Crippen MR) is 108 cm³/mol. The average Bonchev–Trinajstić information content (AvgIpc) is 2.93. The number of hydrogen-bond donors (Lipinski definition) is 0. The van der Waals surface area contributed by atoms with E-state index in [0.717, 1.165) is 61.3 Å². The van der Waals surface area contributed by atoms with Crippen LogP contribution in [0.3, 0.4) is 0 Å². The fourth-order valence-corrected chi connectivity index (χ4v) is 4.18. The third kappa shape index (κ3) is 3.81. The number of nitrogens with zero attached hydrogens (tertiary/aromatic N) is 1. The second kappa shape index (κ2) is 9.04. The molecule has 152 valence electrons. The van der Waals surface area contributed by atoms with Gasteiger partial charge in [0.05, 0.1) is 28.4 Å². The number of fused-ring (bicyclic) bond motifs is 1. The number of benzene rings is 1. The number of aryl methyl sites for hydroxylation is 1. The first-order valence-corrected chi connectivity index (χ1v) is 9.67. The lowest BCUT2D eigenvalue weighted by Crippen LogP contribution is -2.19. The molecule has 0 amide bonds. The quantitative estimate of drug-likeness (QED) is 0.681. The second-order valence-corrected chi connectivity index (χ2v) is 7.05. The van der Waals surface area contributed by atoms with E-state index < -0.39 is 0 Å². The van der Waals surface area contributed by atoms with Crippen LogP contribution >= 0.6 is 0 Å². The molecule has 1 aliphatic carbocycles. The summed E-state index contributed by atoms with van der Waals surface area (Å²) in [5.41, 5.74) is 2.32. The Kier molecular flexibility index (Phi) is 6.49. The second-order valence-electron chi connectivity index (χ2n) is 7.05. The number of ether oxygens (including phenoxy) is 4. The molecule has 28 heavy (non-hydrogen) atoms. The molecule has 0 fully saturated rings. The monoisotopic (exact) mass is 387 g/mol. The Bertz CT molecular complexity index is 831. The van der Waals surface area contributed by atoms with Crippen molar-refractivity contribution in [2.24, 2.45) is 5.92 Å². The molecule has 0 bridgehead atoms. The first kappa shape index (κ1) is 20.1. The summed E-state index contributed by atoms with van der Waals surface area (Å²) in [7, 11) is 6.55. The van der Waals surface area contributed by atoms with Gasteiger partial charge in [0.15, 0.2) is 11.5 Å². The highest BCUT2D eigenvalue weighted by molar-refractivity contribution is 5.67. The van der Waals surface area contributed by atoms with Crippen LogP contribution in [0.2, 0.25) is 0 Å². The van der Waals surface area contributed by atoms with E-state index in [4.69, 9.17) is 18.9 Å². The van der Waals surface area contributed by atoms with E-state index >= 15 is 0 Å². The Balaban J connectivity index is 1.86. The number of rotatable bonds is 7. The third-order valence-electron chi connectivity index (χ3n) is 5.63. The van der Waals surface area contributed by atoms with Crippen LogP contribution < -0.4 is 24.5 Å². The van der Waals surface area contributed by atoms with E-state index in [1.807, 2.05) is 12.3 Å². The molecule has 6 heteroatoms. The van der Waals surface area contributed by atoms with Gasteiger partial charge in [-0.25, -0.2) is 0 Å². The normalized spacial score (nSPS) is 14.1. The van der Waals surface area contributed by atoms with Crippen molar-refractivity contribution in [2.45, 2.75) is 38.6 Å². The van der Waals surface area contributed by atoms with Crippen molar-refractivity contribution in [3.8, 4) is 23.0 Å². The lowest BCUT2D eigenvalue weighted by Gasteiger charge is -2.21. The number of hydrogen-bond acceptors (Lipinski definition) is 5. The van der Waals surface area contributed by atoms with Crippen LogP contribution in [-0.2, 0) is 19.4 Å². The van der Waals surface area contributed by atoms with E-state index in [9.17, 15) is 4.79 Å². The maximum Gasteiger partial charge on any atom is 0.250 e. The Hall–Kier alpha value is -2.63. The molecule has 1 aromatic carbocycles. The minimum absolute atomic E-state index is 0.0530. The van der Waals surface area contributed by atoms with Crippen LogP contribution in [0.25, 0.3) is 0 Å². The van der Waals surface area contributed by atoms with Crippen LogP contribution in [0, 0.1) is 5.92 Å². The van der Waals surface area contributed by atoms with Gasteiger partial charge in [0.2, 0.25) is 17.1 Å². The SMILES string of the molecule is COc1c2c(c(OC)c(OC)c1OC)CCC(CCn1ccccc1=O)CC2. The standard InChI is InChI=1S/C22H29NO5/c1-25-19-16-10-8-15(12-14-23-13-6-5-7-18(23)24)9-11-17(16)20(26-2)22(28-4)21(19)27-3/h5-7,13,15H,8-12,14H2,1-4H3. The Morgan fingerprint density at radius 3 is 1.86 bits per heavy atom. The minimum Gasteiger partial charge on any atom is -0.492 e. The van der Waals surface area contributed by atoms with Crippen LogP contribution in [0.5, 0.6) is 23.0 Å². The maximum absolute atomic E-state index is 11.9. The molecule has 2 aromatic rings. The molecule has 0 saturated heterocycles. The van der Waals surface area contributed by atoms with Gasteiger partial charge in [-0.3, -0.25) is 4.79 Å². The highest BCUT2D eigenvalue weighted by atomic mass is 16.5. The molecule has 1 heterocycles. The fraction of sp³-hybridized carbons (Fsp3) is 0.500. The van der Waals surface area contributed by atoms with Crippen molar-refractivity contribution in [3.05, 3.63) is 45.9 Å². The van der Waals surface area contributed by atoms with Crippen molar-refractivity contribution in [1.82, 2.24) is 4.57 Å². The molecular weight excluding hydrogens is 358 g/mol. The zero-order valence-electron chi connectivity index (χ0n) is 17.1. The first-order chi connectivity index (χ1) is 13.6. The fourth-order valence-electron chi connectivity index (χ4n) is 4.18. The summed E-state index contributed by atoms with van der Waals surface area (Å²) >= 11 is 0. The molecule has 1 aromatic heterocycles. The Morgan fingerprint density at radius 2 is 1.39 bits per heavy atom. The molecule has 0 N–H and O–H groups in total. The summed E-state index contributed by atoms with van der Waals surface area (Å²) in [4.78, 5) is 11.9. The van der Waals surface area contributed by atoms with Gasteiger partial charge in [0.1, 0.15) is 0 Å². The number of aromatic nitrogens is 1. The average molecular weight is 387 g/mol. The molecule has 0 spiro atoms. The molecule has 0 radical (unpaired) electrons. The Morgan fingerprint density at radius 1 is 0.857 bits per heavy atom.